The zero-order valence-corrected chi connectivity index (χ0v) is 8.12. The molecule has 1 unspecified atom stereocenters. The standard InChI is InChI=1S/C5H6F3N3O3S/c1-3(15(12,13)14)11-2-9-10-4(11)5(6,7)8/h2-3H,1H3,(H,12,13,14). The Balaban J connectivity index is 3.23. The van der Waals surface area contributed by atoms with Crippen molar-refractivity contribution < 1.29 is 26.1 Å². The van der Waals surface area contributed by atoms with Crippen LogP contribution in [-0.2, 0) is 16.3 Å². The van der Waals surface area contributed by atoms with Crippen molar-refractivity contribution in [1.82, 2.24) is 14.8 Å². The fourth-order valence-corrected chi connectivity index (χ4v) is 1.30. The molecule has 1 aromatic heterocycles. The molecule has 1 aromatic rings. The summed E-state index contributed by atoms with van der Waals surface area (Å²) in [7, 11) is -4.63. The van der Waals surface area contributed by atoms with E-state index in [1.54, 1.807) is 0 Å². The van der Waals surface area contributed by atoms with Crippen LogP contribution in [0.25, 0.3) is 0 Å². The molecule has 1 N–H and O–H groups in total. The summed E-state index contributed by atoms with van der Waals surface area (Å²) in [6, 6.07) is 0. The highest BCUT2D eigenvalue weighted by Crippen LogP contribution is 2.29. The molecular formula is C5H6F3N3O3S. The third kappa shape index (κ3) is 2.45. The predicted molar refractivity (Wildman–Crippen MR) is 41.3 cm³/mol. The molecule has 86 valence electrons. The van der Waals surface area contributed by atoms with Crippen molar-refractivity contribution in [3.63, 3.8) is 0 Å². The number of hydrogen-bond donors (Lipinski definition) is 1. The minimum absolute atomic E-state index is 0.231. The van der Waals surface area contributed by atoms with Gasteiger partial charge in [0.05, 0.1) is 0 Å². The highest BCUT2D eigenvalue weighted by molar-refractivity contribution is 7.85. The lowest BCUT2D eigenvalue weighted by Crippen LogP contribution is -2.22. The van der Waals surface area contributed by atoms with Crippen molar-refractivity contribution in [2.24, 2.45) is 0 Å². The summed E-state index contributed by atoms with van der Waals surface area (Å²) in [6.45, 7) is 0.883. The van der Waals surface area contributed by atoms with Gasteiger partial charge in [-0.15, -0.1) is 10.2 Å². The molecule has 0 amide bonds. The van der Waals surface area contributed by atoms with Gasteiger partial charge in [-0.3, -0.25) is 9.12 Å². The van der Waals surface area contributed by atoms with Gasteiger partial charge in [0.2, 0.25) is 5.82 Å². The Kier molecular flexibility index (Phi) is 2.74. The molecule has 0 aliphatic rings. The zero-order chi connectivity index (χ0) is 11.9. The summed E-state index contributed by atoms with van der Waals surface area (Å²) >= 11 is 0. The number of aromatic nitrogens is 3. The summed E-state index contributed by atoms with van der Waals surface area (Å²) in [5.41, 5.74) is 0. The van der Waals surface area contributed by atoms with E-state index in [2.05, 4.69) is 10.2 Å². The van der Waals surface area contributed by atoms with Gasteiger partial charge in [-0.2, -0.15) is 21.6 Å². The molecule has 0 fully saturated rings. The Morgan fingerprint density at radius 3 is 2.47 bits per heavy atom. The Labute approximate surface area is 82.5 Å². The summed E-state index contributed by atoms with van der Waals surface area (Å²) in [5, 5.41) is 3.89. The lowest BCUT2D eigenvalue weighted by molar-refractivity contribution is -0.147. The Bertz CT molecular complexity index is 452. The van der Waals surface area contributed by atoms with E-state index in [0.29, 0.717) is 6.33 Å². The van der Waals surface area contributed by atoms with Crippen LogP contribution in [0.5, 0.6) is 0 Å². The predicted octanol–water partition coefficient (Wildman–Crippen LogP) is 0.703. The Morgan fingerprint density at radius 1 is 1.53 bits per heavy atom. The maximum Gasteiger partial charge on any atom is 0.451 e. The van der Waals surface area contributed by atoms with Crippen LogP contribution in [0.15, 0.2) is 6.33 Å². The van der Waals surface area contributed by atoms with Gasteiger partial charge >= 0.3 is 6.18 Å². The van der Waals surface area contributed by atoms with E-state index < -0.39 is 27.5 Å². The average Bonchev–Trinajstić information content (AvgIpc) is 2.47. The Hall–Kier alpha value is -1.16. The second kappa shape index (κ2) is 3.45. The van der Waals surface area contributed by atoms with Crippen LogP contribution in [0.4, 0.5) is 13.2 Å². The highest BCUT2D eigenvalue weighted by atomic mass is 32.2. The first-order valence-corrected chi connectivity index (χ1v) is 5.07. The second-order valence-corrected chi connectivity index (χ2v) is 4.39. The van der Waals surface area contributed by atoms with Crippen LogP contribution < -0.4 is 0 Å². The molecule has 0 aromatic carbocycles. The topological polar surface area (TPSA) is 85.1 Å². The van der Waals surface area contributed by atoms with Crippen LogP contribution in [0.1, 0.15) is 18.1 Å². The van der Waals surface area contributed by atoms with E-state index in [0.717, 1.165) is 6.92 Å². The first kappa shape index (κ1) is 11.9. The molecule has 0 bridgehead atoms. The maximum absolute atomic E-state index is 12.2. The van der Waals surface area contributed by atoms with Gasteiger partial charge in [-0.1, -0.05) is 0 Å². The van der Waals surface area contributed by atoms with Gasteiger partial charge in [-0.05, 0) is 6.92 Å². The molecule has 0 aliphatic heterocycles. The van der Waals surface area contributed by atoms with Crippen molar-refractivity contribution in [1.29, 1.82) is 0 Å². The summed E-state index contributed by atoms with van der Waals surface area (Å²) in [5.74, 6) is -1.48. The maximum atomic E-state index is 12.2. The fraction of sp³-hybridized carbons (Fsp3) is 0.600. The first-order valence-electron chi connectivity index (χ1n) is 3.57. The van der Waals surface area contributed by atoms with Gasteiger partial charge in [0.1, 0.15) is 6.33 Å². The third-order valence-corrected chi connectivity index (χ3v) is 2.74. The molecule has 1 atom stereocenters. The molecule has 15 heavy (non-hydrogen) atoms. The Morgan fingerprint density at radius 2 is 2.07 bits per heavy atom. The molecule has 6 nitrogen and oxygen atoms in total. The molecule has 1 rings (SSSR count). The van der Waals surface area contributed by atoms with Crippen LogP contribution in [0.3, 0.4) is 0 Å². The number of hydrogen-bond acceptors (Lipinski definition) is 4. The largest absolute Gasteiger partial charge is 0.451 e. The highest BCUT2D eigenvalue weighted by Gasteiger charge is 2.39. The lowest BCUT2D eigenvalue weighted by Gasteiger charge is -2.13. The van der Waals surface area contributed by atoms with Crippen molar-refractivity contribution in [3.8, 4) is 0 Å². The smallest absolute Gasteiger partial charge is 0.290 e. The van der Waals surface area contributed by atoms with Crippen molar-refractivity contribution in [2.75, 3.05) is 0 Å². The van der Waals surface area contributed by atoms with E-state index in [-0.39, 0.29) is 4.57 Å². The van der Waals surface area contributed by atoms with Crippen LogP contribution in [-0.4, -0.2) is 27.7 Å². The first-order chi connectivity index (χ1) is 6.64. The monoisotopic (exact) mass is 245 g/mol. The minimum Gasteiger partial charge on any atom is -0.290 e. The molecule has 0 saturated carbocycles. The van der Waals surface area contributed by atoms with Crippen LogP contribution in [0.2, 0.25) is 0 Å². The van der Waals surface area contributed by atoms with Gasteiger partial charge in [-0.25, -0.2) is 0 Å². The van der Waals surface area contributed by atoms with Gasteiger partial charge in [0, 0.05) is 0 Å². The molecule has 0 spiro atoms. The summed E-state index contributed by atoms with van der Waals surface area (Å²) in [4.78, 5) is 0. The van der Waals surface area contributed by atoms with Crippen LogP contribution in [0, 0.1) is 0 Å². The fourth-order valence-electron chi connectivity index (χ4n) is 0.855. The van der Waals surface area contributed by atoms with E-state index in [1.165, 1.54) is 0 Å². The average molecular weight is 245 g/mol. The van der Waals surface area contributed by atoms with Crippen molar-refractivity contribution in [3.05, 3.63) is 12.2 Å². The lowest BCUT2D eigenvalue weighted by atomic mass is 10.5. The van der Waals surface area contributed by atoms with E-state index >= 15 is 0 Å². The normalized spacial score (nSPS) is 15.3. The number of nitrogens with zero attached hydrogens (tertiary/aromatic N) is 3. The number of alkyl halides is 3. The van der Waals surface area contributed by atoms with E-state index in [4.69, 9.17) is 4.55 Å². The molecule has 0 radical (unpaired) electrons. The van der Waals surface area contributed by atoms with Gasteiger partial charge in [0.15, 0.2) is 5.37 Å². The van der Waals surface area contributed by atoms with Gasteiger partial charge < -0.3 is 0 Å². The molecule has 10 heteroatoms. The molecule has 0 saturated heterocycles. The van der Waals surface area contributed by atoms with Gasteiger partial charge in [0.25, 0.3) is 10.1 Å². The van der Waals surface area contributed by atoms with E-state index in [1.807, 2.05) is 0 Å². The number of rotatable bonds is 2. The second-order valence-electron chi connectivity index (χ2n) is 2.67. The summed E-state index contributed by atoms with van der Waals surface area (Å²) in [6.07, 6.45) is -4.24. The van der Waals surface area contributed by atoms with E-state index in [9.17, 15) is 21.6 Å². The third-order valence-electron chi connectivity index (χ3n) is 1.65. The quantitative estimate of drug-likeness (QED) is 0.775. The molecule has 1 heterocycles. The van der Waals surface area contributed by atoms with Crippen LogP contribution >= 0.6 is 0 Å². The molecular weight excluding hydrogens is 239 g/mol. The zero-order valence-electron chi connectivity index (χ0n) is 7.30. The van der Waals surface area contributed by atoms with Crippen molar-refractivity contribution in [2.45, 2.75) is 18.5 Å². The molecule has 0 aliphatic carbocycles. The number of halogens is 3. The summed E-state index contributed by atoms with van der Waals surface area (Å²) < 4.78 is 66.7. The van der Waals surface area contributed by atoms with Crippen molar-refractivity contribution >= 4 is 10.1 Å². The minimum atomic E-state index is -4.82. The SMILES string of the molecule is CC(n1cnnc1C(F)(F)F)S(=O)(=O)O.